The minimum atomic E-state index is -0.414. The number of amides is 3. The first-order chi connectivity index (χ1) is 14.2. The number of nitrogens with one attached hydrogen (secondary N) is 2. The summed E-state index contributed by atoms with van der Waals surface area (Å²) in [6.45, 7) is 1.44. The molecule has 2 N–H and O–H groups in total. The molecule has 0 aromatic carbocycles. The van der Waals surface area contributed by atoms with E-state index < -0.39 is 6.03 Å². The summed E-state index contributed by atoms with van der Waals surface area (Å²) in [6.07, 6.45) is 6.41. The van der Waals surface area contributed by atoms with Gasteiger partial charge in [-0.05, 0) is 37.1 Å². The van der Waals surface area contributed by atoms with Crippen molar-refractivity contribution in [3.63, 3.8) is 0 Å². The summed E-state index contributed by atoms with van der Waals surface area (Å²) >= 11 is 2.89. The fourth-order valence-corrected chi connectivity index (χ4v) is 5.19. The Bertz CT molecular complexity index is 827. The van der Waals surface area contributed by atoms with E-state index in [9.17, 15) is 9.59 Å². The van der Waals surface area contributed by atoms with Gasteiger partial charge in [0.1, 0.15) is 0 Å². The summed E-state index contributed by atoms with van der Waals surface area (Å²) in [5.74, 6) is 0.554. The predicted molar refractivity (Wildman–Crippen MR) is 112 cm³/mol. The second-order valence-corrected chi connectivity index (χ2v) is 9.21. The Balaban J connectivity index is 1.37. The van der Waals surface area contributed by atoms with E-state index in [2.05, 4.69) is 20.8 Å². The Kier molecular flexibility index (Phi) is 6.83. The van der Waals surface area contributed by atoms with Crippen LogP contribution in [0.3, 0.4) is 0 Å². The van der Waals surface area contributed by atoms with Crippen LogP contribution in [0, 0.1) is 0 Å². The highest BCUT2D eigenvalue weighted by atomic mass is 32.2. The lowest BCUT2D eigenvalue weighted by Crippen LogP contribution is -2.44. The summed E-state index contributed by atoms with van der Waals surface area (Å²) in [5.41, 5.74) is 0. The number of hydrogen-bond donors (Lipinski definition) is 2. The Morgan fingerprint density at radius 3 is 2.83 bits per heavy atom. The molecule has 2 aromatic heterocycles. The zero-order chi connectivity index (χ0) is 20.1. The molecule has 29 heavy (non-hydrogen) atoms. The lowest BCUT2D eigenvalue weighted by atomic mass is 10.2. The molecule has 3 amide bonds. The van der Waals surface area contributed by atoms with E-state index in [-0.39, 0.29) is 23.8 Å². The molecule has 1 unspecified atom stereocenters. The summed E-state index contributed by atoms with van der Waals surface area (Å²) < 4.78 is 7.81. The maximum Gasteiger partial charge on any atom is 0.321 e. The maximum absolute atomic E-state index is 12.2. The molecule has 1 atom stereocenters. The average molecular weight is 436 g/mol. The van der Waals surface area contributed by atoms with E-state index >= 15 is 0 Å². The largest absolute Gasteiger partial charge is 0.376 e. The number of imide groups is 1. The fraction of sp³-hybridized carbons (Fsp3) is 0.579. The van der Waals surface area contributed by atoms with Gasteiger partial charge in [0.05, 0.1) is 23.3 Å². The van der Waals surface area contributed by atoms with E-state index in [0.29, 0.717) is 11.7 Å². The second kappa shape index (κ2) is 9.73. The Labute approximate surface area is 177 Å². The number of carbonyl (C=O) groups excluding carboxylic acids is 2. The van der Waals surface area contributed by atoms with Crippen LogP contribution in [0.15, 0.2) is 22.7 Å². The molecule has 156 valence electrons. The van der Waals surface area contributed by atoms with E-state index in [1.165, 1.54) is 11.8 Å². The van der Waals surface area contributed by atoms with Crippen LogP contribution in [0.1, 0.15) is 38.5 Å². The zero-order valence-electron chi connectivity index (χ0n) is 16.1. The van der Waals surface area contributed by atoms with Crippen molar-refractivity contribution in [3.8, 4) is 10.7 Å². The van der Waals surface area contributed by atoms with Gasteiger partial charge in [0.25, 0.3) is 0 Å². The summed E-state index contributed by atoms with van der Waals surface area (Å²) in [7, 11) is 0. The number of thiophene rings is 1. The molecule has 1 aliphatic heterocycles. The normalized spacial score (nSPS) is 19.5. The van der Waals surface area contributed by atoms with Gasteiger partial charge < -0.3 is 10.1 Å². The number of rotatable bonds is 7. The first-order valence-corrected chi connectivity index (χ1v) is 11.9. The van der Waals surface area contributed by atoms with Gasteiger partial charge in [0.15, 0.2) is 11.0 Å². The van der Waals surface area contributed by atoms with Crippen molar-refractivity contribution < 1.29 is 14.3 Å². The highest BCUT2D eigenvalue weighted by molar-refractivity contribution is 7.99. The van der Waals surface area contributed by atoms with E-state index in [1.807, 2.05) is 22.1 Å². The van der Waals surface area contributed by atoms with Crippen molar-refractivity contribution in [2.75, 3.05) is 12.4 Å². The molecule has 0 radical (unpaired) electrons. The summed E-state index contributed by atoms with van der Waals surface area (Å²) in [5, 5.41) is 16.6. The minimum Gasteiger partial charge on any atom is -0.376 e. The number of aromatic nitrogens is 3. The van der Waals surface area contributed by atoms with Crippen molar-refractivity contribution in [2.45, 2.75) is 62.4 Å². The predicted octanol–water partition coefficient (Wildman–Crippen LogP) is 3.05. The molecule has 1 aliphatic carbocycles. The van der Waals surface area contributed by atoms with Crippen molar-refractivity contribution in [3.05, 3.63) is 17.5 Å². The lowest BCUT2D eigenvalue weighted by Gasteiger charge is -2.14. The Morgan fingerprint density at radius 2 is 2.10 bits per heavy atom. The monoisotopic (exact) mass is 435 g/mol. The maximum atomic E-state index is 12.2. The number of urea groups is 1. The third-order valence-electron chi connectivity index (χ3n) is 5.14. The molecule has 1 saturated heterocycles. The molecular formula is C19H25N5O3S2. The molecule has 10 heteroatoms. The van der Waals surface area contributed by atoms with Crippen molar-refractivity contribution in [1.29, 1.82) is 0 Å². The van der Waals surface area contributed by atoms with Gasteiger partial charge in [-0.15, -0.1) is 21.5 Å². The van der Waals surface area contributed by atoms with Gasteiger partial charge in [0.2, 0.25) is 5.91 Å². The highest BCUT2D eigenvalue weighted by Crippen LogP contribution is 2.29. The van der Waals surface area contributed by atoms with Crippen LogP contribution < -0.4 is 10.6 Å². The number of hydrogen-bond acceptors (Lipinski definition) is 7. The van der Waals surface area contributed by atoms with Crippen LogP contribution in [-0.4, -0.2) is 51.2 Å². The quantitative estimate of drug-likeness (QED) is 0.649. The first-order valence-electron chi connectivity index (χ1n) is 10.0. The molecule has 1 saturated carbocycles. The SMILES string of the molecule is O=C(CSc1nnc(-c2cccs2)n1CC1CCCO1)NC(=O)NC1CCCC1. The molecular weight excluding hydrogens is 410 g/mol. The molecule has 0 bridgehead atoms. The lowest BCUT2D eigenvalue weighted by molar-refractivity contribution is -0.117. The highest BCUT2D eigenvalue weighted by Gasteiger charge is 2.23. The van der Waals surface area contributed by atoms with Crippen LogP contribution in [0.4, 0.5) is 4.79 Å². The van der Waals surface area contributed by atoms with Crippen LogP contribution in [-0.2, 0) is 16.1 Å². The molecule has 0 spiro atoms. The smallest absolute Gasteiger partial charge is 0.321 e. The van der Waals surface area contributed by atoms with Crippen LogP contribution in [0.5, 0.6) is 0 Å². The van der Waals surface area contributed by atoms with Crippen LogP contribution in [0.25, 0.3) is 10.7 Å². The van der Waals surface area contributed by atoms with Crippen LogP contribution >= 0.6 is 23.1 Å². The van der Waals surface area contributed by atoms with E-state index in [1.54, 1.807) is 11.3 Å². The molecule has 8 nitrogen and oxygen atoms in total. The molecule has 3 heterocycles. The zero-order valence-corrected chi connectivity index (χ0v) is 17.8. The number of thioether (sulfide) groups is 1. The number of ether oxygens (including phenoxy) is 1. The molecule has 2 aliphatic rings. The third-order valence-corrected chi connectivity index (χ3v) is 6.98. The first kappa shape index (κ1) is 20.4. The van der Waals surface area contributed by atoms with E-state index in [4.69, 9.17) is 4.74 Å². The van der Waals surface area contributed by atoms with Gasteiger partial charge >= 0.3 is 6.03 Å². The number of carbonyl (C=O) groups is 2. The average Bonchev–Trinajstić information content (AvgIpc) is 3.49. The number of nitrogens with zero attached hydrogens (tertiary/aromatic N) is 3. The van der Waals surface area contributed by atoms with Gasteiger partial charge in [-0.1, -0.05) is 30.7 Å². The second-order valence-electron chi connectivity index (χ2n) is 7.32. The standard InChI is InChI=1S/C19H25N5O3S2/c25-16(21-18(26)20-13-5-1-2-6-13)12-29-19-23-22-17(15-8-4-10-28-15)24(19)11-14-7-3-9-27-14/h4,8,10,13-14H,1-3,5-7,9,11-12H2,(H2,20,21,25,26). The van der Waals surface area contributed by atoms with Gasteiger partial charge in [-0.2, -0.15) is 0 Å². The van der Waals surface area contributed by atoms with Crippen LogP contribution in [0.2, 0.25) is 0 Å². The topological polar surface area (TPSA) is 98.1 Å². The third kappa shape index (κ3) is 5.37. The van der Waals surface area contributed by atoms with Crippen molar-refractivity contribution in [2.24, 2.45) is 0 Å². The molecule has 2 fully saturated rings. The molecule has 2 aromatic rings. The Morgan fingerprint density at radius 1 is 1.24 bits per heavy atom. The summed E-state index contributed by atoms with van der Waals surface area (Å²) in [4.78, 5) is 25.2. The Hall–Kier alpha value is -1.91. The van der Waals surface area contributed by atoms with Crippen molar-refractivity contribution >= 4 is 35.0 Å². The minimum absolute atomic E-state index is 0.103. The van der Waals surface area contributed by atoms with Crippen molar-refractivity contribution in [1.82, 2.24) is 25.4 Å². The van der Waals surface area contributed by atoms with Gasteiger partial charge in [-0.25, -0.2) is 4.79 Å². The van der Waals surface area contributed by atoms with Gasteiger partial charge in [0, 0.05) is 12.6 Å². The molecule has 4 rings (SSSR count). The fourth-order valence-electron chi connectivity index (χ4n) is 3.72. The summed E-state index contributed by atoms with van der Waals surface area (Å²) in [6, 6.07) is 3.75. The van der Waals surface area contributed by atoms with Gasteiger partial charge in [-0.3, -0.25) is 14.7 Å². The van der Waals surface area contributed by atoms with E-state index in [0.717, 1.165) is 55.8 Å².